The van der Waals surface area contributed by atoms with Gasteiger partial charge >= 0.3 is 0 Å². The number of hydrogen-bond donors (Lipinski definition) is 2. The fourth-order valence-electron chi connectivity index (χ4n) is 3.51. The molecule has 5 heteroatoms. The summed E-state index contributed by atoms with van der Waals surface area (Å²) in [6.07, 6.45) is 3.58. The Hall–Kier alpha value is -1.88. The molecular formula is C21H33N3O2. The second-order valence-electron chi connectivity index (χ2n) is 7.61. The molecular weight excluding hydrogens is 326 g/mol. The first-order chi connectivity index (χ1) is 12.5. The molecule has 2 amide bonds. The Morgan fingerprint density at radius 2 is 1.81 bits per heavy atom. The van der Waals surface area contributed by atoms with Gasteiger partial charge in [0.25, 0.3) is 0 Å². The van der Waals surface area contributed by atoms with Crippen molar-refractivity contribution in [1.29, 1.82) is 0 Å². The van der Waals surface area contributed by atoms with E-state index in [0.717, 1.165) is 38.0 Å². The van der Waals surface area contributed by atoms with E-state index in [9.17, 15) is 9.59 Å². The van der Waals surface area contributed by atoms with Gasteiger partial charge in [0.1, 0.15) is 6.04 Å². The van der Waals surface area contributed by atoms with Crippen LogP contribution in [0, 0.1) is 11.8 Å². The summed E-state index contributed by atoms with van der Waals surface area (Å²) in [6.45, 7) is 6.61. The maximum atomic E-state index is 12.9. The van der Waals surface area contributed by atoms with Gasteiger partial charge in [-0.15, -0.1) is 0 Å². The van der Waals surface area contributed by atoms with E-state index in [1.54, 1.807) is 0 Å². The number of nitrogens with one attached hydrogen (secondary N) is 2. The van der Waals surface area contributed by atoms with Crippen LogP contribution in [0.15, 0.2) is 30.3 Å². The molecule has 1 saturated heterocycles. The second kappa shape index (κ2) is 10.3. The molecule has 0 aromatic heterocycles. The average Bonchev–Trinajstić information content (AvgIpc) is 2.65. The van der Waals surface area contributed by atoms with Gasteiger partial charge in [0.2, 0.25) is 11.8 Å². The zero-order valence-corrected chi connectivity index (χ0v) is 16.3. The predicted octanol–water partition coefficient (Wildman–Crippen LogP) is 2.22. The van der Waals surface area contributed by atoms with Crippen molar-refractivity contribution in [1.82, 2.24) is 15.5 Å². The smallest absolute Gasteiger partial charge is 0.245 e. The number of amides is 2. The summed E-state index contributed by atoms with van der Waals surface area (Å²) < 4.78 is 0. The Bertz CT molecular complexity index is 566. The lowest BCUT2D eigenvalue weighted by Gasteiger charge is -2.35. The highest BCUT2D eigenvalue weighted by atomic mass is 16.2. The van der Waals surface area contributed by atoms with E-state index in [2.05, 4.69) is 10.6 Å². The molecule has 0 spiro atoms. The number of likely N-dealkylation sites (tertiary alicyclic amines) is 1. The molecule has 1 aliphatic rings. The Labute approximate surface area is 157 Å². The molecule has 1 aromatic carbocycles. The van der Waals surface area contributed by atoms with Crippen molar-refractivity contribution in [3.05, 3.63) is 35.9 Å². The van der Waals surface area contributed by atoms with E-state index < -0.39 is 6.04 Å². The summed E-state index contributed by atoms with van der Waals surface area (Å²) in [6, 6.07) is 9.20. The van der Waals surface area contributed by atoms with Crippen molar-refractivity contribution >= 4 is 11.8 Å². The van der Waals surface area contributed by atoms with Crippen LogP contribution in [0.25, 0.3) is 0 Å². The number of carbonyl (C=O) groups is 2. The van der Waals surface area contributed by atoms with E-state index >= 15 is 0 Å². The molecule has 26 heavy (non-hydrogen) atoms. The third kappa shape index (κ3) is 6.13. The first-order valence-electron chi connectivity index (χ1n) is 9.78. The summed E-state index contributed by atoms with van der Waals surface area (Å²) in [5, 5.41) is 6.16. The van der Waals surface area contributed by atoms with Gasteiger partial charge in [0, 0.05) is 13.1 Å². The SMILES string of the molecule is CNCCC1CCN(C(=O)C(NC(=O)Cc2ccccc2)C(C)C)CC1. The first-order valence-corrected chi connectivity index (χ1v) is 9.78. The lowest BCUT2D eigenvalue weighted by atomic mass is 9.92. The zero-order valence-electron chi connectivity index (χ0n) is 16.3. The molecule has 0 saturated carbocycles. The highest BCUT2D eigenvalue weighted by Gasteiger charge is 2.31. The molecule has 1 heterocycles. The lowest BCUT2D eigenvalue weighted by Crippen LogP contribution is -2.53. The molecule has 0 radical (unpaired) electrons. The van der Waals surface area contributed by atoms with Crippen LogP contribution in [0.5, 0.6) is 0 Å². The second-order valence-corrected chi connectivity index (χ2v) is 7.61. The molecule has 1 unspecified atom stereocenters. The molecule has 1 atom stereocenters. The standard InChI is InChI=1S/C21H33N3O2/c1-16(2)20(23-19(25)15-18-7-5-4-6-8-18)21(26)24-13-10-17(11-14-24)9-12-22-3/h4-8,16-17,20,22H,9-15H2,1-3H3,(H,23,25). The Balaban J connectivity index is 1.88. The molecule has 2 rings (SSSR count). The van der Waals surface area contributed by atoms with E-state index in [1.165, 1.54) is 6.42 Å². The van der Waals surface area contributed by atoms with Crippen molar-refractivity contribution in [2.24, 2.45) is 11.8 Å². The summed E-state index contributed by atoms with van der Waals surface area (Å²) in [5.74, 6) is 0.738. The van der Waals surface area contributed by atoms with Crippen LogP contribution < -0.4 is 10.6 Å². The van der Waals surface area contributed by atoms with Crippen molar-refractivity contribution in [3.8, 4) is 0 Å². The Morgan fingerprint density at radius 1 is 1.15 bits per heavy atom. The minimum atomic E-state index is -0.444. The highest BCUT2D eigenvalue weighted by molar-refractivity contribution is 5.88. The molecule has 2 N–H and O–H groups in total. The number of nitrogens with zero attached hydrogens (tertiary/aromatic N) is 1. The quantitative estimate of drug-likeness (QED) is 0.748. The maximum absolute atomic E-state index is 12.9. The van der Waals surface area contributed by atoms with Gasteiger partial charge in [-0.2, -0.15) is 0 Å². The third-order valence-electron chi connectivity index (χ3n) is 5.19. The van der Waals surface area contributed by atoms with Gasteiger partial charge in [-0.05, 0) is 50.3 Å². The normalized spacial score (nSPS) is 16.5. The van der Waals surface area contributed by atoms with Crippen LogP contribution in [-0.2, 0) is 16.0 Å². The molecule has 1 aromatic rings. The molecule has 1 fully saturated rings. The fraction of sp³-hybridized carbons (Fsp3) is 0.619. The van der Waals surface area contributed by atoms with Crippen molar-refractivity contribution < 1.29 is 9.59 Å². The van der Waals surface area contributed by atoms with Crippen LogP contribution in [0.4, 0.5) is 0 Å². The van der Waals surface area contributed by atoms with E-state index in [-0.39, 0.29) is 17.7 Å². The van der Waals surface area contributed by atoms with Gasteiger partial charge in [-0.3, -0.25) is 9.59 Å². The molecule has 5 nitrogen and oxygen atoms in total. The highest BCUT2D eigenvalue weighted by Crippen LogP contribution is 2.21. The summed E-state index contributed by atoms with van der Waals surface area (Å²) in [4.78, 5) is 27.3. The molecule has 144 valence electrons. The Morgan fingerprint density at radius 3 is 2.38 bits per heavy atom. The number of piperidine rings is 1. The minimum absolute atomic E-state index is 0.0634. The first kappa shape index (κ1) is 20.4. The predicted molar refractivity (Wildman–Crippen MR) is 105 cm³/mol. The number of rotatable bonds is 8. The van der Waals surface area contributed by atoms with Gasteiger partial charge in [-0.25, -0.2) is 0 Å². The largest absolute Gasteiger partial charge is 0.344 e. The average molecular weight is 360 g/mol. The summed E-state index contributed by atoms with van der Waals surface area (Å²) >= 11 is 0. The molecule has 0 bridgehead atoms. The summed E-state index contributed by atoms with van der Waals surface area (Å²) in [5.41, 5.74) is 0.963. The summed E-state index contributed by atoms with van der Waals surface area (Å²) in [7, 11) is 1.98. The van der Waals surface area contributed by atoms with Gasteiger partial charge in [0.05, 0.1) is 6.42 Å². The van der Waals surface area contributed by atoms with Crippen molar-refractivity contribution in [2.45, 2.75) is 45.6 Å². The van der Waals surface area contributed by atoms with E-state index in [4.69, 9.17) is 0 Å². The maximum Gasteiger partial charge on any atom is 0.245 e. The van der Waals surface area contributed by atoms with Crippen LogP contribution in [0.2, 0.25) is 0 Å². The fourth-order valence-corrected chi connectivity index (χ4v) is 3.51. The van der Waals surface area contributed by atoms with Crippen molar-refractivity contribution in [3.63, 3.8) is 0 Å². The number of benzene rings is 1. The number of carbonyl (C=O) groups excluding carboxylic acids is 2. The van der Waals surface area contributed by atoms with Gasteiger partial charge in [0.15, 0.2) is 0 Å². The third-order valence-corrected chi connectivity index (χ3v) is 5.19. The molecule has 0 aliphatic carbocycles. The van der Waals surface area contributed by atoms with Crippen LogP contribution >= 0.6 is 0 Å². The van der Waals surface area contributed by atoms with Gasteiger partial charge in [-0.1, -0.05) is 44.2 Å². The van der Waals surface area contributed by atoms with Crippen LogP contribution in [-0.4, -0.2) is 49.4 Å². The van der Waals surface area contributed by atoms with Crippen LogP contribution in [0.3, 0.4) is 0 Å². The minimum Gasteiger partial charge on any atom is -0.344 e. The van der Waals surface area contributed by atoms with Gasteiger partial charge < -0.3 is 15.5 Å². The van der Waals surface area contributed by atoms with E-state index in [0.29, 0.717) is 12.3 Å². The number of hydrogen-bond acceptors (Lipinski definition) is 3. The van der Waals surface area contributed by atoms with Crippen molar-refractivity contribution in [2.75, 3.05) is 26.7 Å². The van der Waals surface area contributed by atoms with Crippen LogP contribution in [0.1, 0.15) is 38.7 Å². The zero-order chi connectivity index (χ0) is 18.9. The topological polar surface area (TPSA) is 61.4 Å². The Kier molecular flexibility index (Phi) is 8.10. The monoisotopic (exact) mass is 359 g/mol. The lowest BCUT2D eigenvalue weighted by molar-refractivity contribution is -0.138. The van der Waals surface area contributed by atoms with E-state index in [1.807, 2.05) is 56.1 Å². The molecule has 1 aliphatic heterocycles.